The average Bonchev–Trinajstić information content (AvgIpc) is 3.07. The molecule has 1 aromatic heterocycles. The number of nitrogens with zero attached hydrogens (tertiary/aromatic N) is 4. The van der Waals surface area contributed by atoms with Crippen molar-refractivity contribution in [3.05, 3.63) is 77.6 Å². The molecule has 0 unspecified atom stereocenters. The van der Waals surface area contributed by atoms with Crippen molar-refractivity contribution in [1.29, 1.82) is 0 Å². The molecule has 2 heterocycles. The number of carbonyl (C=O) groups excluding carboxylic acids is 2. The average molecular weight is 451 g/mol. The minimum absolute atomic E-state index is 0.179. The normalized spacial score (nSPS) is 13.9. The van der Waals surface area contributed by atoms with Crippen LogP contribution in [0, 0.1) is 0 Å². The van der Waals surface area contributed by atoms with Gasteiger partial charge in [0.15, 0.2) is 0 Å². The Balaban J connectivity index is 1.35. The maximum atomic E-state index is 12.8. The standard InChI is InChI=1S/C23H23ClN6O2/c24-18-8-6-17(7-9-18)21(31)27-19-4-1-5-20(16-19)28-23(32)30-13-3-12-29(14-15-30)22-25-10-2-11-26-22/h1-2,4-11,16H,3,12-15H2,(H,27,31)(H,28,32). The summed E-state index contributed by atoms with van der Waals surface area (Å²) in [6.07, 6.45) is 4.26. The SMILES string of the molecule is O=C(Nc1cccc(NC(=O)N2CCCN(c3ncccn3)CC2)c1)c1ccc(Cl)cc1. The van der Waals surface area contributed by atoms with E-state index in [1.165, 1.54) is 0 Å². The van der Waals surface area contributed by atoms with Crippen LogP contribution in [0.4, 0.5) is 22.1 Å². The lowest BCUT2D eigenvalue weighted by Gasteiger charge is -2.22. The van der Waals surface area contributed by atoms with Gasteiger partial charge in [-0.3, -0.25) is 4.79 Å². The van der Waals surface area contributed by atoms with Crippen LogP contribution in [0.15, 0.2) is 67.0 Å². The number of carbonyl (C=O) groups is 2. The first-order valence-corrected chi connectivity index (χ1v) is 10.7. The van der Waals surface area contributed by atoms with E-state index in [1.54, 1.807) is 71.9 Å². The molecule has 32 heavy (non-hydrogen) atoms. The van der Waals surface area contributed by atoms with Crippen LogP contribution < -0.4 is 15.5 Å². The van der Waals surface area contributed by atoms with Crippen molar-refractivity contribution in [2.75, 3.05) is 41.7 Å². The number of amides is 3. The van der Waals surface area contributed by atoms with Crippen LogP contribution in [0.25, 0.3) is 0 Å². The molecule has 0 atom stereocenters. The van der Waals surface area contributed by atoms with Crippen molar-refractivity contribution in [3.63, 3.8) is 0 Å². The van der Waals surface area contributed by atoms with Crippen LogP contribution in [0.1, 0.15) is 16.8 Å². The lowest BCUT2D eigenvalue weighted by atomic mass is 10.2. The second-order valence-electron chi connectivity index (χ2n) is 7.35. The van der Waals surface area contributed by atoms with Crippen molar-refractivity contribution < 1.29 is 9.59 Å². The predicted molar refractivity (Wildman–Crippen MR) is 125 cm³/mol. The second-order valence-corrected chi connectivity index (χ2v) is 7.78. The summed E-state index contributed by atoms with van der Waals surface area (Å²) >= 11 is 5.87. The van der Waals surface area contributed by atoms with Gasteiger partial charge in [0, 0.05) is 60.5 Å². The maximum Gasteiger partial charge on any atom is 0.321 e. The van der Waals surface area contributed by atoms with Crippen molar-refractivity contribution in [3.8, 4) is 0 Å². The molecule has 1 aliphatic rings. The molecule has 1 fully saturated rings. The molecular weight excluding hydrogens is 428 g/mol. The van der Waals surface area contributed by atoms with Gasteiger partial charge in [0.1, 0.15) is 0 Å². The van der Waals surface area contributed by atoms with E-state index in [9.17, 15) is 9.59 Å². The summed E-state index contributed by atoms with van der Waals surface area (Å²) in [6.45, 7) is 2.66. The first-order valence-electron chi connectivity index (χ1n) is 10.3. The molecule has 1 saturated heterocycles. The summed E-state index contributed by atoms with van der Waals surface area (Å²) in [5, 5.41) is 6.33. The molecule has 0 bridgehead atoms. The summed E-state index contributed by atoms with van der Waals surface area (Å²) in [4.78, 5) is 37.7. The number of hydrogen-bond acceptors (Lipinski definition) is 5. The van der Waals surface area contributed by atoms with E-state index in [1.807, 2.05) is 0 Å². The molecule has 2 N–H and O–H groups in total. The zero-order chi connectivity index (χ0) is 22.3. The van der Waals surface area contributed by atoms with Crippen LogP contribution in [0.3, 0.4) is 0 Å². The highest BCUT2D eigenvalue weighted by Gasteiger charge is 2.20. The van der Waals surface area contributed by atoms with E-state index < -0.39 is 0 Å². The number of rotatable bonds is 4. The first kappa shape index (κ1) is 21.6. The monoisotopic (exact) mass is 450 g/mol. The van der Waals surface area contributed by atoms with Crippen molar-refractivity contribution in [2.24, 2.45) is 0 Å². The molecule has 164 valence electrons. The van der Waals surface area contributed by atoms with Crippen LogP contribution in [-0.2, 0) is 0 Å². The molecular formula is C23H23ClN6O2. The number of aromatic nitrogens is 2. The van der Waals surface area contributed by atoms with Gasteiger partial charge in [-0.25, -0.2) is 14.8 Å². The molecule has 0 spiro atoms. The third-order valence-corrected chi connectivity index (χ3v) is 5.35. The van der Waals surface area contributed by atoms with Gasteiger partial charge in [-0.1, -0.05) is 17.7 Å². The third-order valence-electron chi connectivity index (χ3n) is 5.10. The van der Waals surface area contributed by atoms with Crippen molar-refractivity contribution in [1.82, 2.24) is 14.9 Å². The van der Waals surface area contributed by atoms with Crippen LogP contribution in [0.2, 0.25) is 5.02 Å². The lowest BCUT2D eigenvalue weighted by Crippen LogP contribution is -2.38. The zero-order valence-corrected chi connectivity index (χ0v) is 18.1. The number of urea groups is 1. The smallest absolute Gasteiger partial charge is 0.321 e. The highest BCUT2D eigenvalue weighted by atomic mass is 35.5. The van der Waals surface area contributed by atoms with Gasteiger partial charge in [0.2, 0.25) is 5.95 Å². The Morgan fingerprint density at radius 1 is 0.844 bits per heavy atom. The van der Waals surface area contributed by atoms with Crippen molar-refractivity contribution >= 4 is 40.9 Å². The number of anilines is 3. The first-order chi connectivity index (χ1) is 15.6. The Labute approximate surface area is 191 Å². The summed E-state index contributed by atoms with van der Waals surface area (Å²) in [7, 11) is 0. The van der Waals surface area contributed by atoms with Gasteiger partial charge >= 0.3 is 6.03 Å². The summed E-state index contributed by atoms with van der Waals surface area (Å²) in [5.74, 6) is 0.430. The van der Waals surface area contributed by atoms with Crippen molar-refractivity contribution in [2.45, 2.75) is 6.42 Å². The molecule has 3 aromatic rings. The van der Waals surface area contributed by atoms with Gasteiger partial charge in [0.25, 0.3) is 5.91 Å². The molecule has 0 radical (unpaired) electrons. The lowest BCUT2D eigenvalue weighted by molar-refractivity contribution is 0.102. The zero-order valence-electron chi connectivity index (χ0n) is 17.4. The quantitative estimate of drug-likeness (QED) is 0.623. The minimum Gasteiger partial charge on any atom is -0.339 e. The Morgan fingerprint density at radius 3 is 2.31 bits per heavy atom. The van der Waals surface area contributed by atoms with Crippen LogP contribution in [0.5, 0.6) is 0 Å². The number of benzene rings is 2. The van der Waals surface area contributed by atoms with Gasteiger partial charge < -0.3 is 20.4 Å². The Hall–Kier alpha value is -3.65. The maximum absolute atomic E-state index is 12.8. The van der Waals surface area contributed by atoms with E-state index in [4.69, 9.17) is 11.6 Å². The van der Waals surface area contributed by atoms with Crippen LogP contribution >= 0.6 is 11.6 Å². The summed E-state index contributed by atoms with van der Waals surface area (Å²) in [6, 6.07) is 15.3. The van der Waals surface area contributed by atoms with E-state index >= 15 is 0 Å². The number of hydrogen-bond donors (Lipinski definition) is 2. The highest BCUT2D eigenvalue weighted by Crippen LogP contribution is 2.18. The largest absolute Gasteiger partial charge is 0.339 e. The Kier molecular flexibility index (Phi) is 6.81. The fourth-order valence-electron chi connectivity index (χ4n) is 3.46. The molecule has 3 amide bonds. The van der Waals surface area contributed by atoms with Gasteiger partial charge in [-0.05, 0) is 55.0 Å². The van der Waals surface area contributed by atoms with E-state index in [0.29, 0.717) is 47.5 Å². The topological polar surface area (TPSA) is 90.5 Å². The Morgan fingerprint density at radius 2 is 1.56 bits per heavy atom. The van der Waals surface area contributed by atoms with E-state index in [2.05, 4.69) is 25.5 Å². The summed E-state index contributed by atoms with van der Waals surface area (Å²) < 4.78 is 0. The van der Waals surface area contributed by atoms with E-state index in [0.717, 1.165) is 13.0 Å². The highest BCUT2D eigenvalue weighted by molar-refractivity contribution is 6.30. The fraction of sp³-hybridized carbons (Fsp3) is 0.217. The second kappa shape index (κ2) is 10.1. The Bertz CT molecular complexity index is 1080. The fourth-order valence-corrected chi connectivity index (χ4v) is 3.58. The minimum atomic E-state index is -0.249. The molecule has 4 rings (SSSR count). The van der Waals surface area contributed by atoms with Gasteiger partial charge in [-0.2, -0.15) is 0 Å². The van der Waals surface area contributed by atoms with Crippen LogP contribution in [-0.4, -0.2) is 53.0 Å². The molecule has 8 nitrogen and oxygen atoms in total. The molecule has 0 aliphatic carbocycles. The number of halogens is 1. The van der Waals surface area contributed by atoms with Gasteiger partial charge in [0.05, 0.1) is 0 Å². The predicted octanol–water partition coefficient (Wildman–Crippen LogP) is 4.13. The number of nitrogens with one attached hydrogen (secondary N) is 2. The molecule has 1 aliphatic heterocycles. The van der Waals surface area contributed by atoms with Gasteiger partial charge in [-0.15, -0.1) is 0 Å². The molecule has 0 saturated carbocycles. The third kappa shape index (κ3) is 5.53. The molecule has 9 heteroatoms. The van der Waals surface area contributed by atoms with E-state index in [-0.39, 0.29) is 11.9 Å². The summed E-state index contributed by atoms with van der Waals surface area (Å²) in [5.41, 5.74) is 1.70. The molecule has 2 aromatic carbocycles.